The molecule has 5 aromatic rings. The van der Waals surface area contributed by atoms with Crippen molar-refractivity contribution in [2.45, 2.75) is 63.5 Å². The van der Waals surface area contributed by atoms with Gasteiger partial charge in [-0.3, -0.25) is 19.2 Å². The molecular formula is C55H74ClN13O6. The van der Waals surface area contributed by atoms with Crippen molar-refractivity contribution >= 4 is 57.8 Å². The van der Waals surface area contributed by atoms with Gasteiger partial charge < -0.3 is 61.1 Å². The summed E-state index contributed by atoms with van der Waals surface area (Å²) in [5.74, 6) is 0.284. The van der Waals surface area contributed by atoms with E-state index in [9.17, 15) is 19.2 Å². The summed E-state index contributed by atoms with van der Waals surface area (Å²) in [6.45, 7) is 12.2. The molecule has 3 aliphatic heterocycles. The number of hydrogen-bond acceptors (Lipinski definition) is 14. The summed E-state index contributed by atoms with van der Waals surface area (Å²) in [6.07, 6.45) is 9.95. The number of nitrogens with one attached hydrogen (secondary N) is 5. The number of piperidine rings is 2. The number of rotatable bonds is 25. The molecule has 2 aromatic carbocycles. The van der Waals surface area contributed by atoms with Crippen LogP contribution in [0.2, 0.25) is 5.02 Å². The maximum atomic E-state index is 13.9. The monoisotopic (exact) mass is 1050 g/mol. The zero-order chi connectivity index (χ0) is 52.6. The molecule has 3 aromatic heterocycles. The van der Waals surface area contributed by atoms with Gasteiger partial charge in [-0.25, -0.2) is 15.0 Å². The Morgan fingerprint density at radius 3 is 2.41 bits per heavy atom. The molecule has 2 atom stereocenters. The number of carbonyl (C=O) groups excluding carboxylic acids is 4. The van der Waals surface area contributed by atoms with Crippen LogP contribution in [0.4, 0.5) is 11.5 Å². The molecule has 19 nitrogen and oxygen atoms in total. The van der Waals surface area contributed by atoms with Gasteiger partial charge in [0.05, 0.1) is 49.0 Å². The van der Waals surface area contributed by atoms with E-state index in [2.05, 4.69) is 75.0 Å². The third kappa shape index (κ3) is 15.5. The van der Waals surface area contributed by atoms with E-state index in [1.165, 1.54) is 5.56 Å². The molecule has 6 heterocycles. The fourth-order valence-electron chi connectivity index (χ4n) is 9.99. The number of halogens is 1. The first-order chi connectivity index (χ1) is 36.4. The number of amides is 4. The van der Waals surface area contributed by atoms with E-state index >= 15 is 0 Å². The van der Waals surface area contributed by atoms with Crippen LogP contribution in [0.1, 0.15) is 73.1 Å². The van der Waals surface area contributed by atoms with Crippen molar-refractivity contribution in [1.29, 1.82) is 0 Å². The van der Waals surface area contributed by atoms with Gasteiger partial charge in [0.15, 0.2) is 5.69 Å². The average molecular weight is 1050 g/mol. The van der Waals surface area contributed by atoms with Crippen LogP contribution in [0, 0.1) is 5.92 Å². The average Bonchev–Trinajstić information content (AvgIpc) is 3.92. The summed E-state index contributed by atoms with van der Waals surface area (Å²) in [6, 6.07) is 19.4. The van der Waals surface area contributed by atoms with Crippen LogP contribution in [0.15, 0.2) is 79.4 Å². The van der Waals surface area contributed by atoms with Crippen LogP contribution in [0.3, 0.4) is 0 Å². The lowest BCUT2D eigenvalue weighted by molar-refractivity contribution is -0.133. The second kappa shape index (κ2) is 27.1. The SMILES string of the molecule is CCc1cccc(-c2cnc(C(=O)NCCOCCOCCCN3CCN(CC[C@H](NC(=O)C4(N)CCN(c5ncnc6[nH]ccc56)CC4)c4ccc(Cl)cc4)CC3)c(NC(=O)CNCC3CCN(C)C(=O)C3)c2)c1. The van der Waals surface area contributed by atoms with Crippen molar-refractivity contribution in [2.24, 2.45) is 11.7 Å². The predicted octanol–water partition coefficient (Wildman–Crippen LogP) is 4.65. The molecule has 402 valence electrons. The Labute approximate surface area is 445 Å². The number of aryl methyl sites for hydroxylation is 1. The zero-order valence-electron chi connectivity index (χ0n) is 43.5. The largest absolute Gasteiger partial charge is 0.379 e. The highest BCUT2D eigenvalue weighted by atomic mass is 35.5. The molecule has 0 bridgehead atoms. The number of aromatic nitrogens is 4. The summed E-state index contributed by atoms with van der Waals surface area (Å²) in [5.41, 5.74) is 11.0. The molecule has 1 unspecified atom stereocenters. The Morgan fingerprint density at radius 2 is 1.65 bits per heavy atom. The molecule has 75 heavy (non-hydrogen) atoms. The smallest absolute Gasteiger partial charge is 0.272 e. The minimum atomic E-state index is -0.992. The highest BCUT2D eigenvalue weighted by molar-refractivity contribution is 6.30. The molecule has 4 amide bonds. The Hall–Kier alpha value is -6.06. The number of aromatic amines is 1. The molecule has 3 saturated heterocycles. The van der Waals surface area contributed by atoms with E-state index in [0.717, 1.165) is 98.5 Å². The van der Waals surface area contributed by atoms with Gasteiger partial charge in [0.2, 0.25) is 17.7 Å². The van der Waals surface area contributed by atoms with Crippen LogP contribution in [-0.4, -0.2) is 176 Å². The van der Waals surface area contributed by atoms with E-state index in [1.807, 2.05) is 55.7 Å². The lowest BCUT2D eigenvalue weighted by atomic mass is 9.87. The summed E-state index contributed by atoms with van der Waals surface area (Å²) in [7, 11) is 1.81. The van der Waals surface area contributed by atoms with Gasteiger partial charge >= 0.3 is 0 Å². The molecule has 0 spiro atoms. The van der Waals surface area contributed by atoms with Crippen molar-refractivity contribution in [1.82, 2.24) is 50.6 Å². The minimum absolute atomic E-state index is 0.0333. The van der Waals surface area contributed by atoms with Crippen LogP contribution in [-0.2, 0) is 30.3 Å². The third-order valence-corrected chi connectivity index (χ3v) is 15.0. The molecular weight excluding hydrogens is 974 g/mol. The summed E-state index contributed by atoms with van der Waals surface area (Å²) in [4.78, 5) is 78.0. The number of benzene rings is 2. The normalized spacial score (nSPS) is 17.8. The first kappa shape index (κ1) is 55.2. The molecule has 8 rings (SSSR count). The Bertz CT molecular complexity index is 2670. The number of nitrogens with two attached hydrogens (primary N) is 1. The number of pyridine rings is 1. The van der Waals surface area contributed by atoms with E-state index in [0.29, 0.717) is 76.0 Å². The first-order valence-electron chi connectivity index (χ1n) is 26.6. The highest BCUT2D eigenvalue weighted by Crippen LogP contribution is 2.30. The van der Waals surface area contributed by atoms with Crippen molar-refractivity contribution in [3.8, 4) is 11.1 Å². The quantitative estimate of drug-likeness (QED) is 0.0438. The number of hydrogen-bond donors (Lipinski definition) is 6. The number of nitrogens with zero attached hydrogens (tertiary/aromatic N) is 7. The summed E-state index contributed by atoms with van der Waals surface area (Å²) < 4.78 is 11.6. The highest BCUT2D eigenvalue weighted by Gasteiger charge is 2.39. The lowest BCUT2D eigenvalue weighted by Gasteiger charge is -2.39. The maximum absolute atomic E-state index is 13.9. The molecule has 20 heteroatoms. The number of fused-ring (bicyclic) bond motifs is 1. The van der Waals surface area contributed by atoms with Gasteiger partial charge in [-0.05, 0) is 91.9 Å². The van der Waals surface area contributed by atoms with Crippen molar-refractivity contribution in [2.75, 3.05) is 122 Å². The van der Waals surface area contributed by atoms with Gasteiger partial charge in [0, 0.05) is 109 Å². The molecule has 0 saturated carbocycles. The van der Waals surface area contributed by atoms with Gasteiger partial charge in [0.25, 0.3) is 5.91 Å². The second-order valence-corrected chi connectivity index (χ2v) is 20.4. The van der Waals surface area contributed by atoms with Gasteiger partial charge in [-0.2, -0.15) is 0 Å². The Morgan fingerprint density at radius 1 is 0.893 bits per heavy atom. The number of carbonyl (C=O) groups is 4. The van der Waals surface area contributed by atoms with E-state index in [-0.39, 0.29) is 55.1 Å². The van der Waals surface area contributed by atoms with E-state index in [4.69, 9.17) is 26.8 Å². The number of likely N-dealkylation sites (tertiary alicyclic amines) is 1. The molecule has 0 aliphatic carbocycles. The molecule has 0 radical (unpaired) electrons. The lowest BCUT2D eigenvalue weighted by Crippen LogP contribution is -2.60. The summed E-state index contributed by atoms with van der Waals surface area (Å²) >= 11 is 6.26. The van der Waals surface area contributed by atoms with Crippen LogP contribution >= 0.6 is 11.6 Å². The molecule has 3 aliphatic rings. The standard InChI is InChI=1S/C55H74ClN13O6/c1-3-39-6-4-7-42(32-39)43-34-47(64-48(70)37-58-35-40-13-20-66(2)49(71)33-40)50(61-36-43)53(72)60-18-29-75-31-30-74-28-5-19-67-24-26-68(27-25-67)21-14-46(41-8-10-44(56)11-9-41)65-54(73)55(57)15-22-69(23-16-55)52-45-12-17-59-51(45)62-38-63-52/h4,6-12,17,32,34,36,38,40,46,58H,3,5,13-16,18-31,33,35,37,57H2,1-2H3,(H,60,72)(H,64,70)(H,65,73)(H,59,62,63)/t40?,46-/m0/s1. The first-order valence-corrected chi connectivity index (χ1v) is 26.9. The minimum Gasteiger partial charge on any atom is -0.379 e. The van der Waals surface area contributed by atoms with Crippen molar-refractivity contribution in [3.05, 3.63) is 101 Å². The number of H-pyrrole nitrogens is 1. The third-order valence-electron chi connectivity index (χ3n) is 14.7. The predicted molar refractivity (Wildman–Crippen MR) is 292 cm³/mol. The number of ether oxygens (including phenoxy) is 2. The molecule has 3 fully saturated rings. The van der Waals surface area contributed by atoms with Crippen LogP contribution < -0.4 is 31.9 Å². The topological polar surface area (TPSA) is 228 Å². The van der Waals surface area contributed by atoms with Gasteiger partial charge in [-0.1, -0.05) is 54.9 Å². The Kier molecular flexibility index (Phi) is 20.0. The maximum Gasteiger partial charge on any atom is 0.272 e. The van der Waals surface area contributed by atoms with Crippen LogP contribution in [0.25, 0.3) is 22.2 Å². The van der Waals surface area contributed by atoms with Gasteiger partial charge in [-0.15, -0.1) is 0 Å². The van der Waals surface area contributed by atoms with Crippen molar-refractivity contribution < 1.29 is 28.7 Å². The van der Waals surface area contributed by atoms with Crippen molar-refractivity contribution in [3.63, 3.8) is 0 Å². The van der Waals surface area contributed by atoms with Crippen LogP contribution in [0.5, 0.6) is 0 Å². The van der Waals surface area contributed by atoms with E-state index in [1.54, 1.807) is 23.5 Å². The second-order valence-electron chi connectivity index (χ2n) is 20.0. The molecule has 7 N–H and O–H groups in total. The number of anilines is 2. The summed E-state index contributed by atoms with van der Waals surface area (Å²) in [5, 5.41) is 13.9. The fraction of sp³-hybridized carbons (Fsp3) is 0.509. The number of piperazine rings is 1. The zero-order valence-corrected chi connectivity index (χ0v) is 44.2. The van der Waals surface area contributed by atoms with E-state index < -0.39 is 11.4 Å². The Balaban J connectivity index is 0.705. The fourth-order valence-corrected chi connectivity index (χ4v) is 10.1. The van der Waals surface area contributed by atoms with Gasteiger partial charge in [0.1, 0.15) is 17.8 Å².